The highest BCUT2D eigenvalue weighted by atomic mass is 32.1. The Hall–Kier alpha value is -1.67. The van der Waals surface area contributed by atoms with Crippen molar-refractivity contribution in [2.45, 2.75) is 19.5 Å². The van der Waals surface area contributed by atoms with Crippen molar-refractivity contribution in [1.82, 2.24) is 4.90 Å². The van der Waals surface area contributed by atoms with Gasteiger partial charge in [-0.15, -0.1) is 11.3 Å². The summed E-state index contributed by atoms with van der Waals surface area (Å²) in [5.74, 6) is 5.09. The van der Waals surface area contributed by atoms with Crippen LogP contribution in [0.25, 0.3) is 0 Å². The Labute approximate surface area is 128 Å². The summed E-state index contributed by atoms with van der Waals surface area (Å²) >= 11 is 1.73. The van der Waals surface area contributed by atoms with E-state index in [1.54, 1.807) is 17.4 Å². The molecule has 4 heteroatoms. The van der Waals surface area contributed by atoms with Crippen LogP contribution in [0.15, 0.2) is 35.7 Å². The zero-order valence-corrected chi connectivity index (χ0v) is 13.0. The Morgan fingerprint density at radius 2 is 2.19 bits per heavy atom. The van der Waals surface area contributed by atoms with Gasteiger partial charge in [0.1, 0.15) is 12.4 Å². The summed E-state index contributed by atoms with van der Waals surface area (Å²) in [7, 11) is 2.04. The van der Waals surface area contributed by atoms with Gasteiger partial charge in [-0.1, -0.05) is 24.0 Å². The Kier molecular flexibility index (Phi) is 5.51. The van der Waals surface area contributed by atoms with E-state index in [4.69, 9.17) is 5.11 Å². The maximum atomic E-state index is 13.4. The smallest absolute Gasteiger partial charge is 0.124 e. The van der Waals surface area contributed by atoms with Gasteiger partial charge in [0, 0.05) is 23.0 Å². The first-order valence-corrected chi connectivity index (χ1v) is 7.61. The molecule has 0 aliphatic heterocycles. The van der Waals surface area contributed by atoms with Crippen LogP contribution in [0.3, 0.4) is 0 Å². The maximum absolute atomic E-state index is 13.4. The van der Waals surface area contributed by atoms with Gasteiger partial charge in [-0.3, -0.25) is 4.90 Å². The number of hydrogen-bond acceptors (Lipinski definition) is 3. The monoisotopic (exact) mass is 303 g/mol. The Morgan fingerprint density at radius 3 is 2.86 bits per heavy atom. The first-order valence-electron chi connectivity index (χ1n) is 6.73. The largest absolute Gasteiger partial charge is 0.384 e. The average molecular weight is 303 g/mol. The van der Waals surface area contributed by atoms with Crippen molar-refractivity contribution in [2.75, 3.05) is 13.7 Å². The lowest BCUT2D eigenvalue weighted by atomic mass is 10.1. The van der Waals surface area contributed by atoms with E-state index >= 15 is 0 Å². The molecule has 1 N–H and O–H groups in total. The predicted octanol–water partition coefficient (Wildman–Crippen LogP) is 3.42. The van der Waals surface area contributed by atoms with Gasteiger partial charge in [0.15, 0.2) is 0 Å². The number of thiophene rings is 1. The fraction of sp³-hybridized carbons (Fsp3) is 0.294. The minimum Gasteiger partial charge on any atom is -0.384 e. The van der Waals surface area contributed by atoms with E-state index in [2.05, 4.69) is 35.1 Å². The van der Waals surface area contributed by atoms with E-state index < -0.39 is 0 Å². The number of halogens is 1. The molecule has 110 valence electrons. The normalized spacial score (nSPS) is 12.0. The van der Waals surface area contributed by atoms with Crippen LogP contribution in [-0.4, -0.2) is 23.7 Å². The SMILES string of the molecule is CC(c1cccs1)N(C)Cc1ccc(F)cc1C#CCO. The standard InChI is InChI=1S/C17H18FNOS/c1-13(17-6-4-10-21-17)19(2)12-15-7-8-16(18)11-14(15)5-3-9-20/h4,6-8,10-11,13,20H,9,12H2,1-2H3. The maximum Gasteiger partial charge on any atom is 0.124 e. The first kappa shape index (κ1) is 15.7. The highest BCUT2D eigenvalue weighted by molar-refractivity contribution is 7.10. The van der Waals surface area contributed by atoms with Gasteiger partial charge in [-0.05, 0) is 43.1 Å². The van der Waals surface area contributed by atoms with Crippen LogP contribution in [0.1, 0.15) is 29.0 Å². The molecule has 1 heterocycles. The Morgan fingerprint density at radius 1 is 1.38 bits per heavy atom. The van der Waals surface area contributed by atoms with Crippen LogP contribution in [0.5, 0.6) is 0 Å². The minimum absolute atomic E-state index is 0.225. The van der Waals surface area contributed by atoms with Crippen molar-refractivity contribution in [3.05, 3.63) is 57.5 Å². The second-order valence-electron chi connectivity index (χ2n) is 4.87. The molecule has 0 saturated carbocycles. The number of nitrogens with zero attached hydrogens (tertiary/aromatic N) is 1. The third kappa shape index (κ3) is 4.15. The fourth-order valence-electron chi connectivity index (χ4n) is 2.09. The number of hydrogen-bond donors (Lipinski definition) is 1. The lowest BCUT2D eigenvalue weighted by Crippen LogP contribution is -2.21. The summed E-state index contributed by atoms with van der Waals surface area (Å²) in [5.41, 5.74) is 1.59. The van der Waals surface area contributed by atoms with E-state index in [0.29, 0.717) is 12.1 Å². The van der Waals surface area contributed by atoms with Crippen molar-refractivity contribution in [3.63, 3.8) is 0 Å². The molecular formula is C17H18FNOS. The lowest BCUT2D eigenvalue weighted by molar-refractivity contribution is 0.256. The molecule has 2 rings (SSSR count). The quantitative estimate of drug-likeness (QED) is 0.875. The van der Waals surface area contributed by atoms with Crippen LogP contribution in [0.4, 0.5) is 4.39 Å². The lowest BCUT2D eigenvalue weighted by Gasteiger charge is -2.24. The van der Waals surface area contributed by atoms with E-state index in [0.717, 1.165) is 5.56 Å². The summed E-state index contributed by atoms with van der Waals surface area (Å²) in [5, 5.41) is 10.9. The summed E-state index contributed by atoms with van der Waals surface area (Å²) < 4.78 is 13.4. The molecule has 0 aliphatic carbocycles. The molecule has 1 unspecified atom stereocenters. The third-order valence-electron chi connectivity index (χ3n) is 3.41. The number of rotatable bonds is 4. The van der Waals surface area contributed by atoms with Gasteiger partial charge in [0.25, 0.3) is 0 Å². The molecule has 0 radical (unpaired) electrons. The van der Waals surface area contributed by atoms with Gasteiger partial charge >= 0.3 is 0 Å². The highest BCUT2D eigenvalue weighted by Crippen LogP contribution is 2.25. The molecular weight excluding hydrogens is 285 g/mol. The second-order valence-corrected chi connectivity index (χ2v) is 5.85. The topological polar surface area (TPSA) is 23.5 Å². The minimum atomic E-state index is -0.310. The van der Waals surface area contributed by atoms with Gasteiger partial charge in [-0.2, -0.15) is 0 Å². The van der Waals surface area contributed by atoms with Crippen LogP contribution in [0, 0.1) is 17.7 Å². The molecule has 0 saturated heterocycles. The van der Waals surface area contributed by atoms with Gasteiger partial charge in [0.2, 0.25) is 0 Å². The van der Waals surface area contributed by atoms with Crippen molar-refractivity contribution < 1.29 is 9.50 Å². The van der Waals surface area contributed by atoms with E-state index in [-0.39, 0.29) is 18.5 Å². The Bertz CT molecular complexity index is 643. The number of aliphatic hydroxyl groups excluding tert-OH is 1. The number of aliphatic hydroxyl groups is 1. The summed E-state index contributed by atoms with van der Waals surface area (Å²) in [6, 6.07) is 9.07. The molecule has 2 nitrogen and oxygen atoms in total. The summed E-state index contributed by atoms with van der Waals surface area (Å²) in [6.07, 6.45) is 0. The van der Waals surface area contributed by atoms with Crippen molar-refractivity contribution in [3.8, 4) is 11.8 Å². The molecule has 1 atom stereocenters. The second kappa shape index (κ2) is 7.37. The zero-order chi connectivity index (χ0) is 15.2. The molecule has 0 amide bonds. The van der Waals surface area contributed by atoms with Gasteiger partial charge in [-0.25, -0.2) is 4.39 Å². The molecule has 0 bridgehead atoms. The first-order chi connectivity index (χ1) is 10.1. The van der Waals surface area contributed by atoms with Crippen LogP contribution in [0.2, 0.25) is 0 Å². The van der Waals surface area contributed by atoms with E-state index in [1.165, 1.54) is 17.0 Å². The van der Waals surface area contributed by atoms with Crippen LogP contribution >= 0.6 is 11.3 Å². The zero-order valence-electron chi connectivity index (χ0n) is 12.1. The van der Waals surface area contributed by atoms with Crippen LogP contribution in [-0.2, 0) is 6.54 Å². The molecule has 1 aromatic carbocycles. The van der Waals surface area contributed by atoms with Crippen molar-refractivity contribution in [2.24, 2.45) is 0 Å². The summed E-state index contributed by atoms with van der Waals surface area (Å²) in [4.78, 5) is 3.49. The molecule has 0 fully saturated rings. The van der Waals surface area contributed by atoms with Crippen molar-refractivity contribution >= 4 is 11.3 Å². The Balaban J connectivity index is 2.18. The van der Waals surface area contributed by atoms with Gasteiger partial charge in [0.05, 0.1) is 0 Å². The third-order valence-corrected chi connectivity index (χ3v) is 4.45. The predicted molar refractivity (Wildman–Crippen MR) is 84.6 cm³/mol. The highest BCUT2D eigenvalue weighted by Gasteiger charge is 2.14. The number of benzene rings is 1. The van der Waals surface area contributed by atoms with Gasteiger partial charge < -0.3 is 5.11 Å². The fourth-order valence-corrected chi connectivity index (χ4v) is 2.94. The molecule has 21 heavy (non-hydrogen) atoms. The van der Waals surface area contributed by atoms with Crippen LogP contribution < -0.4 is 0 Å². The molecule has 2 aromatic rings. The molecule has 0 aliphatic rings. The van der Waals surface area contributed by atoms with E-state index in [1.807, 2.05) is 13.1 Å². The molecule has 0 spiro atoms. The van der Waals surface area contributed by atoms with E-state index in [9.17, 15) is 4.39 Å². The summed E-state index contributed by atoms with van der Waals surface area (Å²) in [6.45, 7) is 2.60. The average Bonchev–Trinajstić information content (AvgIpc) is 3.00. The molecule has 1 aromatic heterocycles. The van der Waals surface area contributed by atoms with Crippen molar-refractivity contribution in [1.29, 1.82) is 0 Å².